The van der Waals surface area contributed by atoms with Crippen LogP contribution in [0.15, 0.2) is 24.3 Å². The number of nitrogens with zero attached hydrogens (tertiary/aromatic N) is 1. The Bertz CT molecular complexity index is 553. The van der Waals surface area contributed by atoms with Crippen LogP contribution in [0.4, 0.5) is 0 Å². The van der Waals surface area contributed by atoms with Gasteiger partial charge in [0.05, 0.1) is 18.6 Å². The van der Waals surface area contributed by atoms with Crippen LogP contribution in [0.25, 0.3) is 0 Å². The number of rotatable bonds is 5. The zero-order chi connectivity index (χ0) is 16.8. The second kappa shape index (κ2) is 11.8. The van der Waals surface area contributed by atoms with Crippen LogP contribution in [0.3, 0.4) is 0 Å². The molecule has 2 saturated heterocycles. The van der Waals surface area contributed by atoms with Gasteiger partial charge in [0.15, 0.2) is 0 Å². The molecule has 148 valence electrons. The predicted octanol–water partition coefficient (Wildman–Crippen LogP) is 2.37. The van der Waals surface area contributed by atoms with E-state index >= 15 is 0 Å². The number of piperidine rings is 1. The summed E-state index contributed by atoms with van der Waals surface area (Å²) in [5, 5.41) is 6.39. The third kappa shape index (κ3) is 7.05. The van der Waals surface area contributed by atoms with Crippen molar-refractivity contribution < 1.29 is 9.53 Å². The molecule has 2 heterocycles. The molecule has 2 N–H and O–H groups in total. The molecule has 2 fully saturated rings. The lowest BCUT2D eigenvalue weighted by atomic mass is 9.99. The van der Waals surface area contributed by atoms with Crippen LogP contribution < -0.4 is 10.6 Å². The van der Waals surface area contributed by atoms with Gasteiger partial charge in [-0.1, -0.05) is 24.3 Å². The number of amides is 1. The Morgan fingerprint density at radius 3 is 2.88 bits per heavy atom. The maximum atomic E-state index is 12.2. The molecule has 2 aliphatic rings. The van der Waals surface area contributed by atoms with E-state index in [9.17, 15) is 4.79 Å². The molecule has 1 aromatic carbocycles. The maximum Gasteiger partial charge on any atom is 0.224 e. The molecular formula is C19H31Cl2N3O2. The van der Waals surface area contributed by atoms with Gasteiger partial charge in [-0.25, -0.2) is 0 Å². The summed E-state index contributed by atoms with van der Waals surface area (Å²) in [6.07, 6.45) is 2.39. The van der Waals surface area contributed by atoms with Crippen molar-refractivity contribution in [3.05, 3.63) is 35.4 Å². The van der Waals surface area contributed by atoms with Crippen LogP contribution in [0.1, 0.15) is 30.9 Å². The first-order valence-electron chi connectivity index (χ1n) is 9.11. The first-order chi connectivity index (χ1) is 11.7. The number of carbonyl (C=O) groups is 1. The maximum absolute atomic E-state index is 12.2. The Balaban J connectivity index is 0.00000169. The van der Waals surface area contributed by atoms with Crippen molar-refractivity contribution in [1.82, 2.24) is 15.5 Å². The van der Waals surface area contributed by atoms with Gasteiger partial charge in [0.2, 0.25) is 5.91 Å². The average molecular weight is 404 g/mol. The second-order valence-electron chi connectivity index (χ2n) is 7.00. The van der Waals surface area contributed by atoms with Crippen LogP contribution in [-0.2, 0) is 22.6 Å². The molecule has 1 amide bonds. The third-order valence-electron chi connectivity index (χ3n) is 4.86. The summed E-state index contributed by atoms with van der Waals surface area (Å²) in [5.41, 5.74) is 2.47. The molecule has 0 spiro atoms. The van der Waals surface area contributed by atoms with Gasteiger partial charge in [-0.3, -0.25) is 9.69 Å². The fourth-order valence-electron chi connectivity index (χ4n) is 3.54. The molecule has 0 aromatic heterocycles. The van der Waals surface area contributed by atoms with Crippen molar-refractivity contribution in [2.24, 2.45) is 5.92 Å². The van der Waals surface area contributed by atoms with Crippen molar-refractivity contribution in [2.75, 3.05) is 32.8 Å². The minimum Gasteiger partial charge on any atom is -0.376 e. The Morgan fingerprint density at radius 2 is 2.15 bits per heavy atom. The quantitative estimate of drug-likeness (QED) is 0.791. The van der Waals surface area contributed by atoms with Crippen LogP contribution in [-0.4, -0.2) is 49.7 Å². The number of ether oxygens (including phenoxy) is 1. The number of carbonyl (C=O) groups excluding carboxylic acids is 1. The van der Waals surface area contributed by atoms with Crippen molar-refractivity contribution in [3.8, 4) is 0 Å². The normalized spacial score (nSPS) is 23.4. The van der Waals surface area contributed by atoms with E-state index < -0.39 is 0 Å². The van der Waals surface area contributed by atoms with Gasteiger partial charge in [-0.05, 0) is 37.4 Å². The van der Waals surface area contributed by atoms with Crippen LogP contribution in [0.2, 0.25) is 0 Å². The minimum atomic E-state index is 0. The molecule has 26 heavy (non-hydrogen) atoms. The molecule has 1 aromatic rings. The fourth-order valence-corrected chi connectivity index (χ4v) is 3.54. The Morgan fingerprint density at radius 1 is 1.35 bits per heavy atom. The molecule has 5 nitrogen and oxygen atoms in total. The van der Waals surface area contributed by atoms with Crippen molar-refractivity contribution in [3.63, 3.8) is 0 Å². The van der Waals surface area contributed by atoms with Gasteiger partial charge in [0, 0.05) is 32.7 Å². The highest BCUT2D eigenvalue weighted by atomic mass is 35.5. The Hall–Kier alpha value is -0.850. The van der Waals surface area contributed by atoms with Crippen molar-refractivity contribution in [2.45, 2.75) is 39.0 Å². The fraction of sp³-hybridized carbons (Fsp3) is 0.632. The molecule has 7 heteroatoms. The summed E-state index contributed by atoms with van der Waals surface area (Å²) < 4.78 is 5.60. The molecular weight excluding hydrogens is 373 g/mol. The lowest BCUT2D eigenvalue weighted by Gasteiger charge is -2.31. The predicted molar refractivity (Wildman–Crippen MR) is 109 cm³/mol. The average Bonchev–Trinajstić information content (AvgIpc) is 2.61. The third-order valence-corrected chi connectivity index (χ3v) is 4.86. The summed E-state index contributed by atoms with van der Waals surface area (Å²) in [7, 11) is 0. The summed E-state index contributed by atoms with van der Waals surface area (Å²) >= 11 is 0. The van der Waals surface area contributed by atoms with E-state index in [1.165, 1.54) is 11.1 Å². The van der Waals surface area contributed by atoms with Gasteiger partial charge in [0.25, 0.3) is 0 Å². The molecule has 0 aliphatic carbocycles. The number of morpholine rings is 1. The van der Waals surface area contributed by atoms with Crippen LogP contribution >= 0.6 is 24.8 Å². The summed E-state index contributed by atoms with van der Waals surface area (Å²) in [4.78, 5) is 14.7. The molecule has 0 bridgehead atoms. The van der Waals surface area contributed by atoms with Crippen molar-refractivity contribution >= 4 is 30.7 Å². The van der Waals surface area contributed by atoms with Crippen LogP contribution in [0.5, 0.6) is 0 Å². The first-order valence-corrected chi connectivity index (χ1v) is 9.11. The van der Waals surface area contributed by atoms with E-state index in [0.29, 0.717) is 12.6 Å². The molecule has 3 rings (SSSR count). The number of hydrogen-bond acceptors (Lipinski definition) is 4. The number of hydrogen-bond donors (Lipinski definition) is 2. The van der Waals surface area contributed by atoms with Gasteiger partial charge < -0.3 is 15.4 Å². The minimum absolute atomic E-state index is 0. The van der Waals surface area contributed by atoms with E-state index in [1.54, 1.807) is 0 Å². The highest BCUT2D eigenvalue weighted by molar-refractivity contribution is 5.85. The second-order valence-corrected chi connectivity index (χ2v) is 7.00. The van der Waals surface area contributed by atoms with Gasteiger partial charge >= 0.3 is 0 Å². The van der Waals surface area contributed by atoms with Crippen LogP contribution in [0, 0.1) is 5.92 Å². The Labute approximate surface area is 169 Å². The van der Waals surface area contributed by atoms with Crippen molar-refractivity contribution in [1.29, 1.82) is 0 Å². The van der Waals surface area contributed by atoms with E-state index in [2.05, 4.69) is 46.7 Å². The number of benzene rings is 1. The van der Waals surface area contributed by atoms with E-state index in [0.717, 1.165) is 52.2 Å². The summed E-state index contributed by atoms with van der Waals surface area (Å²) in [5.74, 6) is 0.298. The highest BCUT2D eigenvalue weighted by Crippen LogP contribution is 2.13. The largest absolute Gasteiger partial charge is 0.376 e. The number of halogens is 2. The standard InChI is InChI=1S/C19H29N3O2.2ClH/c1-15-13-22(8-9-24-15)14-17-5-2-4-16(10-17)11-21-19(23)18-6-3-7-20-12-18;;/h2,4-5,10,15,18,20H,3,6-9,11-14H2,1H3,(H,21,23);2*1H. The lowest BCUT2D eigenvalue weighted by Crippen LogP contribution is -2.40. The monoisotopic (exact) mass is 403 g/mol. The summed E-state index contributed by atoms with van der Waals surface area (Å²) in [6, 6.07) is 8.55. The van der Waals surface area contributed by atoms with E-state index in [-0.39, 0.29) is 36.6 Å². The smallest absolute Gasteiger partial charge is 0.224 e. The molecule has 0 radical (unpaired) electrons. The lowest BCUT2D eigenvalue weighted by molar-refractivity contribution is -0.125. The zero-order valence-electron chi connectivity index (χ0n) is 15.4. The van der Waals surface area contributed by atoms with Gasteiger partial charge in [-0.2, -0.15) is 0 Å². The molecule has 2 aliphatic heterocycles. The molecule has 2 atom stereocenters. The zero-order valence-corrected chi connectivity index (χ0v) is 17.0. The van der Waals surface area contributed by atoms with E-state index in [1.807, 2.05) is 0 Å². The topological polar surface area (TPSA) is 53.6 Å². The molecule has 2 unspecified atom stereocenters. The van der Waals surface area contributed by atoms with Gasteiger partial charge in [0.1, 0.15) is 0 Å². The first kappa shape index (κ1) is 23.2. The van der Waals surface area contributed by atoms with E-state index in [4.69, 9.17) is 4.74 Å². The highest BCUT2D eigenvalue weighted by Gasteiger charge is 2.20. The SMILES string of the molecule is CC1CN(Cc2cccc(CNC(=O)C3CCCNC3)c2)CCO1.Cl.Cl. The van der Waals surface area contributed by atoms with Gasteiger partial charge in [-0.15, -0.1) is 24.8 Å². The molecule has 0 saturated carbocycles. The summed E-state index contributed by atoms with van der Waals surface area (Å²) in [6.45, 7) is 8.30. The Kier molecular flexibility index (Phi) is 10.5. The number of nitrogens with one attached hydrogen (secondary N) is 2.